The van der Waals surface area contributed by atoms with Crippen molar-refractivity contribution >= 4 is 17.3 Å². The number of rotatable bonds is 5. The SMILES string of the molecule is CCc1cc(OCC(O)C(F)(F)F)c(C(=O)O)s1. The zero-order chi connectivity index (χ0) is 13.9. The van der Waals surface area contributed by atoms with Crippen LogP contribution in [-0.2, 0) is 6.42 Å². The summed E-state index contributed by atoms with van der Waals surface area (Å²) in [5, 5.41) is 17.6. The van der Waals surface area contributed by atoms with Gasteiger partial charge in [0.2, 0.25) is 0 Å². The molecule has 8 heteroatoms. The van der Waals surface area contributed by atoms with Gasteiger partial charge < -0.3 is 14.9 Å². The number of aliphatic hydroxyl groups is 1. The van der Waals surface area contributed by atoms with Gasteiger partial charge in [0.25, 0.3) is 0 Å². The Kier molecular flexibility index (Phi) is 4.58. The molecule has 0 saturated heterocycles. The predicted molar refractivity (Wildman–Crippen MR) is 58.2 cm³/mol. The van der Waals surface area contributed by atoms with E-state index in [0.717, 1.165) is 11.3 Å². The van der Waals surface area contributed by atoms with Crippen LogP contribution in [0.15, 0.2) is 6.07 Å². The Morgan fingerprint density at radius 3 is 2.61 bits per heavy atom. The lowest BCUT2D eigenvalue weighted by Gasteiger charge is -2.14. The van der Waals surface area contributed by atoms with Crippen LogP contribution in [0.1, 0.15) is 21.5 Å². The third-order valence-corrected chi connectivity index (χ3v) is 3.31. The Hall–Kier alpha value is -1.28. The summed E-state index contributed by atoms with van der Waals surface area (Å²) >= 11 is 0.939. The van der Waals surface area contributed by atoms with Gasteiger partial charge >= 0.3 is 12.1 Å². The van der Waals surface area contributed by atoms with E-state index in [9.17, 15) is 18.0 Å². The molecule has 0 aliphatic rings. The second kappa shape index (κ2) is 5.57. The van der Waals surface area contributed by atoms with Crippen molar-refractivity contribution in [2.45, 2.75) is 25.6 Å². The van der Waals surface area contributed by atoms with E-state index in [2.05, 4.69) is 0 Å². The molecule has 0 fully saturated rings. The first kappa shape index (κ1) is 14.8. The molecule has 18 heavy (non-hydrogen) atoms. The molecule has 1 rings (SSSR count). The second-order valence-electron chi connectivity index (χ2n) is 3.43. The van der Waals surface area contributed by atoms with Gasteiger partial charge in [0, 0.05) is 4.88 Å². The molecule has 1 heterocycles. The summed E-state index contributed by atoms with van der Waals surface area (Å²) in [5.74, 6) is -1.41. The molecule has 1 aromatic heterocycles. The number of carboxylic acids is 1. The van der Waals surface area contributed by atoms with Crippen molar-refractivity contribution in [1.82, 2.24) is 0 Å². The summed E-state index contributed by atoms with van der Waals surface area (Å²) < 4.78 is 40.8. The molecule has 0 aliphatic heterocycles. The van der Waals surface area contributed by atoms with Crippen LogP contribution in [0.3, 0.4) is 0 Å². The quantitative estimate of drug-likeness (QED) is 0.870. The van der Waals surface area contributed by atoms with Crippen LogP contribution in [0.5, 0.6) is 5.75 Å². The van der Waals surface area contributed by atoms with Crippen LogP contribution in [0, 0.1) is 0 Å². The maximum Gasteiger partial charge on any atom is 0.417 e. The van der Waals surface area contributed by atoms with E-state index in [0.29, 0.717) is 11.3 Å². The molecule has 0 saturated carbocycles. The molecule has 1 atom stereocenters. The maximum atomic E-state index is 12.0. The molecule has 0 aromatic carbocycles. The predicted octanol–water partition coefficient (Wildman–Crippen LogP) is 2.31. The van der Waals surface area contributed by atoms with Gasteiger partial charge in [-0.05, 0) is 12.5 Å². The van der Waals surface area contributed by atoms with E-state index in [1.54, 1.807) is 6.92 Å². The molecule has 1 unspecified atom stereocenters. The van der Waals surface area contributed by atoms with Crippen LogP contribution in [0.4, 0.5) is 13.2 Å². The minimum absolute atomic E-state index is 0.146. The lowest BCUT2D eigenvalue weighted by atomic mass is 10.3. The van der Waals surface area contributed by atoms with Crippen molar-refractivity contribution in [1.29, 1.82) is 0 Å². The lowest BCUT2D eigenvalue weighted by molar-refractivity contribution is -0.210. The molecule has 0 radical (unpaired) electrons. The first-order valence-corrected chi connectivity index (χ1v) is 5.81. The summed E-state index contributed by atoms with van der Waals surface area (Å²) in [5.41, 5.74) is 0. The number of thiophene rings is 1. The van der Waals surface area contributed by atoms with E-state index in [4.69, 9.17) is 14.9 Å². The Labute approximate surface area is 105 Å². The van der Waals surface area contributed by atoms with Gasteiger partial charge in [-0.3, -0.25) is 0 Å². The van der Waals surface area contributed by atoms with Crippen LogP contribution in [0.25, 0.3) is 0 Å². The first-order chi connectivity index (χ1) is 8.25. The summed E-state index contributed by atoms with van der Waals surface area (Å²) in [4.78, 5) is 11.4. The third-order valence-electron chi connectivity index (χ3n) is 2.07. The summed E-state index contributed by atoms with van der Waals surface area (Å²) in [6.45, 7) is 0.759. The number of hydrogen-bond donors (Lipinski definition) is 2. The van der Waals surface area contributed by atoms with Crippen molar-refractivity contribution in [2.24, 2.45) is 0 Å². The number of carbonyl (C=O) groups is 1. The fraction of sp³-hybridized carbons (Fsp3) is 0.500. The molecule has 0 spiro atoms. The van der Waals surface area contributed by atoms with Crippen LogP contribution >= 0.6 is 11.3 Å². The van der Waals surface area contributed by atoms with Crippen LogP contribution in [0.2, 0.25) is 0 Å². The molecule has 0 bridgehead atoms. The monoisotopic (exact) mass is 284 g/mol. The van der Waals surface area contributed by atoms with Crippen molar-refractivity contribution in [3.63, 3.8) is 0 Å². The summed E-state index contributed by atoms with van der Waals surface area (Å²) in [7, 11) is 0. The molecule has 0 aliphatic carbocycles. The van der Waals surface area contributed by atoms with Crippen LogP contribution in [-0.4, -0.2) is 35.1 Å². The van der Waals surface area contributed by atoms with Crippen molar-refractivity contribution < 1.29 is 32.9 Å². The number of hydrogen-bond acceptors (Lipinski definition) is 4. The summed E-state index contributed by atoms with van der Waals surface area (Å²) in [6, 6.07) is 1.37. The number of halogens is 3. The Balaban J connectivity index is 2.78. The molecule has 4 nitrogen and oxygen atoms in total. The molecule has 0 amide bonds. The van der Waals surface area contributed by atoms with E-state index in [-0.39, 0.29) is 10.6 Å². The van der Waals surface area contributed by atoms with Gasteiger partial charge in [-0.15, -0.1) is 11.3 Å². The molecule has 102 valence electrons. The minimum Gasteiger partial charge on any atom is -0.489 e. The number of aliphatic hydroxyl groups excluding tert-OH is 1. The summed E-state index contributed by atoms with van der Waals surface area (Å²) in [6.07, 6.45) is -6.87. The zero-order valence-electron chi connectivity index (χ0n) is 9.32. The van der Waals surface area contributed by atoms with E-state index in [1.807, 2.05) is 0 Å². The second-order valence-corrected chi connectivity index (χ2v) is 4.57. The standard InChI is InChI=1S/C10H11F3O4S/c1-2-5-3-6(8(18-5)9(15)16)17-4-7(14)10(11,12)13/h3,7,14H,2,4H2,1H3,(H,15,16). The van der Waals surface area contributed by atoms with Gasteiger partial charge in [-0.2, -0.15) is 13.2 Å². The Morgan fingerprint density at radius 2 is 2.17 bits per heavy atom. The number of carboxylic acid groups (broad SMARTS) is 1. The fourth-order valence-electron chi connectivity index (χ4n) is 1.12. The first-order valence-electron chi connectivity index (χ1n) is 4.99. The van der Waals surface area contributed by atoms with E-state index in [1.165, 1.54) is 6.07 Å². The highest BCUT2D eigenvalue weighted by Gasteiger charge is 2.39. The van der Waals surface area contributed by atoms with Gasteiger partial charge in [0.1, 0.15) is 12.4 Å². The highest BCUT2D eigenvalue weighted by Crippen LogP contribution is 2.30. The number of ether oxygens (including phenoxy) is 1. The Bertz CT molecular complexity index is 427. The average Bonchev–Trinajstić information content (AvgIpc) is 2.67. The molecule has 1 aromatic rings. The topological polar surface area (TPSA) is 66.8 Å². The maximum absolute atomic E-state index is 12.0. The number of aromatic carboxylic acids is 1. The van der Waals surface area contributed by atoms with Gasteiger partial charge in [-0.1, -0.05) is 6.92 Å². The van der Waals surface area contributed by atoms with Gasteiger partial charge in [-0.25, -0.2) is 4.79 Å². The normalized spacial score (nSPS) is 13.4. The van der Waals surface area contributed by atoms with Crippen molar-refractivity contribution in [3.05, 3.63) is 15.8 Å². The largest absolute Gasteiger partial charge is 0.489 e. The average molecular weight is 284 g/mol. The molecular weight excluding hydrogens is 273 g/mol. The lowest BCUT2D eigenvalue weighted by Crippen LogP contribution is -2.34. The highest BCUT2D eigenvalue weighted by molar-refractivity contribution is 7.14. The van der Waals surface area contributed by atoms with Gasteiger partial charge in [0.05, 0.1) is 0 Å². The zero-order valence-corrected chi connectivity index (χ0v) is 10.1. The molecular formula is C10H11F3O4S. The fourth-order valence-corrected chi connectivity index (χ4v) is 1.99. The Morgan fingerprint density at radius 1 is 1.56 bits per heavy atom. The van der Waals surface area contributed by atoms with Crippen molar-refractivity contribution in [3.8, 4) is 5.75 Å². The number of aryl methyl sites for hydroxylation is 1. The minimum atomic E-state index is -4.78. The molecule has 2 N–H and O–H groups in total. The third kappa shape index (κ3) is 3.61. The van der Waals surface area contributed by atoms with E-state index >= 15 is 0 Å². The van der Waals surface area contributed by atoms with E-state index < -0.39 is 24.9 Å². The smallest absolute Gasteiger partial charge is 0.417 e. The van der Waals surface area contributed by atoms with Gasteiger partial charge in [0.15, 0.2) is 11.0 Å². The van der Waals surface area contributed by atoms with Crippen molar-refractivity contribution in [2.75, 3.05) is 6.61 Å². The van der Waals surface area contributed by atoms with Crippen LogP contribution < -0.4 is 4.74 Å². The number of alkyl halides is 3. The highest BCUT2D eigenvalue weighted by atomic mass is 32.1.